The molecule has 1 fully saturated rings. The smallest absolute Gasteiger partial charge is 0.0683 e. The average Bonchev–Trinajstić information content (AvgIpc) is 2.35. The van der Waals surface area contributed by atoms with E-state index < -0.39 is 0 Å². The van der Waals surface area contributed by atoms with Gasteiger partial charge in [-0.2, -0.15) is 17.0 Å². The first-order valence-corrected chi connectivity index (χ1v) is 7.99. The van der Waals surface area contributed by atoms with Crippen LogP contribution >= 0.6 is 11.8 Å². The first-order chi connectivity index (χ1) is 8.14. The monoisotopic (exact) mass is 254 g/mol. The lowest BCUT2D eigenvalue weighted by Crippen LogP contribution is -2.26. The van der Waals surface area contributed by atoms with Gasteiger partial charge in [0, 0.05) is 0 Å². The summed E-state index contributed by atoms with van der Waals surface area (Å²) in [6, 6.07) is 2.36. The fourth-order valence-corrected chi connectivity index (χ4v) is 3.33. The van der Waals surface area contributed by atoms with Crippen LogP contribution in [-0.4, -0.2) is 24.6 Å². The third-order valence-electron chi connectivity index (χ3n) is 3.48. The second kappa shape index (κ2) is 8.00. The highest BCUT2D eigenvalue weighted by molar-refractivity contribution is 7.99. The molecule has 0 aliphatic carbocycles. The Morgan fingerprint density at radius 2 is 2.00 bits per heavy atom. The summed E-state index contributed by atoms with van der Waals surface area (Å²) in [6.45, 7) is 6.37. The maximum absolute atomic E-state index is 8.90. The summed E-state index contributed by atoms with van der Waals surface area (Å²) in [5.41, 5.74) is -0.138. The summed E-state index contributed by atoms with van der Waals surface area (Å²) >= 11 is 2.09. The molecule has 0 aromatic rings. The van der Waals surface area contributed by atoms with E-state index in [1.807, 2.05) is 13.8 Å². The maximum atomic E-state index is 8.90. The van der Waals surface area contributed by atoms with Crippen LogP contribution in [-0.2, 0) is 0 Å². The summed E-state index contributed by atoms with van der Waals surface area (Å²) in [5.74, 6) is 3.61. The van der Waals surface area contributed by atoms with E-state index in [0.29, 0.717) is 0 Å². The molecule has 98 valence electrons. The predicted octanol–water partition coefficient (Wildman–Crippen LogP) is 3.44. The van der Waals surface area contributed by atoms with Gasteiger partial charge < -0.3 is 5.32 Å². The summed E-state index contributed by atoms with van der Waals surface area (Å²) in [4.78, 5) is 0. The summed E-state index contributed by atoms with van der Waals surface area (Å²) < 4.78 is 0. The molecule has 0 saturated carbocycles. The maximum Gasteiger partial charge on any atom is 0.0683 e. The van der Waals surface area contributed by atoms with Crippen LogP contribution in [0.15, 0.2) is 0 Å². The first-order valence-electron chi connectivity index (χ1n) is 6.84. The second-order valence-corrected chi connectivity index (χ2v) is 6.94. The Kier molecular flexibility index (Phi) is 6.99. The molecule has 1 aliphatic rings. The van der Waals surface area contributed by atoms with E-state index in [1.54, 1.807) is 0 Å². The molecule has 1 aliphatic heterocycles. The van der Waals surface area contributed by atoms with Crippen LogP contribution < -0.4 is 5.32 Å². The van der Waals surface area contributed by atoms with Gasteiger partial charge in [0.25, 0.3) is 0 Å². The largest absolute Gasteiger partial charge is 0.316 e. The Labute approximate surface area is 111 Å². The number of rotatable bonds is 7. The quantitative estimate of drug-likeness (QED) is 0.707. The number of thioether (sulfide) groups is 1. The average molecular weight is 254 g/mol. The first kappa shape index (κ1) is 14.9. The molecule has 1 N–H and O–H groups in total. The molecular formula is C14H26N2S. The van der Waals surface area contributed by atoms with Crippen LogP contribution in [0.4, 0.5) is 0 Å². The van der Waals surface area contributed by atoms with Crippen molar-refractivity contribution < 1.29 is 0 Å². The van der Waals surface area contributed by atoms with Crippen LogP contribution in [0, 0.1) is 22.7 Å². The van der Waals surface area contributed by atoms with Crippen molar-refractivity contribution in [3.63, 3.8) is 0 Å². The van der Waals surface area contributed by atoms with Crippen molar-refractivity contribution >= 4 is 11.8 Å². The van der Waals surface area contributed by atoms with Gasteiger partial charge in [-0.3, -0.25) is 0 Å². The van der Waals surface area contributed by atoms with Crippen LogP contribution in [0.25, 0.3) is 0 Å². The van der Waals surface area contributed by atoms with Crippen molar-refractivity contribution in [2.45, 2.75) is 46.0 Å². The molecule has 0 atom stereocenters. The molecular weight excluding hydrogens is 228 g/mol. The number of unbranched alkanes of at least 4 members (excludes halogenated alkanes) is 1. The van der Waals surface area contributed by atoms with Gasteiger partial charge in [-0.1, -0.05) is 6.42 Å². The summed E-state index contributed by atoms with van der Waals surface area (Å²) in [7, 11) is 0. The van der Waals surface area contributed by atoms with Crippen molar-refractivity contribution in [1.29, 1.82) is 5.26 Å². The van der Waals surface area contributed by atoms with E-state index in [9.17, 15) is 0 Å². The normalized spacial score (nSPS) is 17.9. The number of nitrogens with one attached hydrogen (secondary N) is 1. The topological polar surface area (TPSA) is 35.8 Å². The third kappa shape index (κ3) is 6.95. The Morgan fingerprint density at radius 3 is 2.65 bits per heavy atom. The van der Waals surface area contributed by atoms with Gasteiger partial charge in [0.2, 0.25) is 0 Å². The highest BCUT2D eigenvalue weighted by Crippen LogP contribution is 2.22. The lowest BCUT2D eigenvalue weighted by Gasteiger charge is -2.21. The minimum absolute atomic E-state index is 0.138. The number of nitrogens with zero attached hydrogens (tertiary/aromatic N) is 1. The lowest BCUT2D eigenvalue weighted by molar-refractivity contribution is 0.408. The molecule has 0 bridgehead atoms. The number of hydrogen-bond donors (Lipinski definition) is 1. The molecule has 2 nitrogen and oxygen atoms in total. The zero-order valence-electron chi connectivity index (χ0n) is 11.3. The molecule has 1 saturated heterocycles. The Bertz CT molecular complexity index is 239. The Hall–Kier alpha value is -0.200. The van der Waals surface area contributed by atoms with Gasteiger partial charge in [-0.25, -0.2) is 0 Å². The van der Waals surface area contributed by atoms with Gasteiger partial charge in [0.15, 0.2) is 0 Å². The molecule has 0 aromatic heterocycles. The molecule has 0 unspecified atom stereocenters. The van der Waals surface area contributed by atoms with E-state index in [2.05, 4.69) is 23.1 Å². The van der Waals surface area contributed by atoms with Gasteiger partial charge >= 0.3 is 0 Å². The highest BCUT2D eigenvalue weighted by atomic mass is 32.2. The van der Waals surface area contributed by atoms with Gasteiger partial charge in [-0.15, -0.1) is 0 Å². The van der Waals surface area contributed by atoms with E-state index in [-0.39, 0.29) is 5.41 Å². The standard InChI is InChI=1S/C14H26N2S/c1-14(2,12-15)7-3-4-8-16-11-13-5-9-17-10-6-13/h13,16H,3-11H2,1-2H3. The summed E-state index contributed by atoms with van der Waals surface area (Å²) in [6.07, 6.45) is 6.16. The molecule has 0 spiro atoms. The van der Waals surface area contributed by atoms with Gasteiger partial charge in [0.05, 0.1) is 11.5 Å². The molecule has 1 heterocycles. The third-order valence-corrected chi connectivity index (χ3v) is 4.53. The zero-order chi connectivity index (χ0) is 12.6. The minimum Gasteiger partial charge on any atom is -0.316 e. The van der Waals surface area contributed by atoms with Crippen LogP contribution in [0.3, 0.4) is 0 Å². The second-order valence-electron chi connectivity index (χ2n) is 5.71. The van der Waals surface area contributed by atoms with E-state index in [4.69, 9.17) is 5.26 Å². The number of nitriles is 1. The Morgan fingerprint density at radius 1 is 1.29 bits per heavy atom. The fourth-order valence-electron chi connectivity index (χ4n) is 2.13. The van der Waals surface area contributed by atoms with E-state index >= 15 is 0 Å². The Balaban J connectivity index is 1.92. The van der Waals surface area contributed by atoms with Crippen molar-refractivity contribution in [2.75, 3.05) is 24.6 Å². The van der Waals surface area contributed by atoms with Crippen LogP contribution in [0.5, 0.6) is 0 Å². The molecule has 0 radical (unpaired) electrons. The molecule has 3 heteroatoms. The molecule has 0 aromatic carbocycles. The lowest BCUT2D eigenvalue weighted by atomic mass is 9.89. The van der Waals surface area contributed by atoms with E-state index in [1.165, 1.54) is 37.3 Å². The van der Waals surface area contributed by atoms with Crippen LogP contribution in [0.1, 0.15) is 46.0 Å². The zero-order valence-corrected chi connectivity index (χ0v) is 12.1. The summed E-state index contributed by atoms with van der Waals surface area (Å²) in [5, 5.41) is 12.5. The highest BCUT2D eigenvalue weighted by Gasteiger charge is 2.15. The molecule has 1 rings (SSSR count). The van der Waals surface area contributed by atoms with Gasteiger partial charge in [0.1, 0.15) is 0 Å². The van der Waals surface area contributed by atoms with Crippen molar-refractivity contribution in [3.8, 4) is 6.07 Å². The van der Waals surface area contributed by atoms with Crippen molar-refractivity contribution in [1.82, 2.24) is 5.32 Å². The molecule has 17 heavy (non-hydrogen) atoms. The van der Waals surface area contributed by atoms with Crippen molar-refractivity contribution in [2.24, 2.45) is 11.3 Å². The minimum atomic E-state index is -0.138. The van der Waals surface area contributed by atoms with E-state index in [0.717, 1.165) is 25.3 Å². The SMILES string of the molecule is CC(C)(C#N)CCCCNCC1CCSCC1. The predicted molar refractivity (Wildman–Crippen MR) is 76.2 cm³/mol. The molecule has 0 amide bonds. The van der Waals surface area contributed by atoms with Crippen LogP contribution in [0.2, 0.25) is 0 Å². The van der Waals surface area contributed by atoms with Gasteiger partial charge in [-0.05, 0) is 70.0 Å². The fraction of sp³-hybridized carbons (Fsp3) is 0.929. The van der Waals surface area contributed by atoms with Crippen molar-refractivity contribution in [3.05, 3.63) is 0 Å². The number of hydrogen-bond acceptors (Lipinski definition) is 3.